The lowest BCUT2D eigenvalue weighted by molar-refractivity contribution is 0.111. The highest BCUT2D eigenvalue weighted by Crippen LogP contribution is 2.06. The van der Waals surface area contributed by atoms with Gasteiger partial charge in [-0.3, -0.25) is 4.79 Å². The number of aldehydes is 1. The van der Waals surface area contributed by atoms with Crippen molar-refractivity contribution in [2.24, 2.45) is 0 Å². The third-order valence-corrected chi connectivity index (χ3v) is 1.48. The van der Waals surface area contributed by atoms with Crippen LogP contribution in [-0.4, -0.2) is 13.4 Å². The number of benzene rings is 1. The first-order valence-electron chi connectivity index (χ1n) is 3.40. The molecule has 11 heavy (non-hydrogen) atoms. The van der Waals surface area contributed by atoms with Gasteiger partial charge in [0.15, 0.2) is 0 Å². The van der Waals surface area contributed by atoms with Crippen molar-refractivity contribution in [3.8, 4) is 0 Å². The monoisotopic (exact) mass is 150 g/mol. The molecule has 0 saturated carbocycles. The first-order chi connectivity index (χ1) is 5.38. The third-order valence-electron chi connectivity index (χ3n) is 1.48. The quantitative estimate of drug-likeness (QED) is 0.612. The normalized spacial score (nSPS) is 9.55. The van der Waals surface area contributed by atoms with Gasteiger partial charge in [0.05, 0.1) is 6.61 Å². The van der Waals surface area contributed by atoms with E-state index < -0.39 is 0 Å². The second kappa shape index (κ2) is 3.88. The van der Waals surface area contributed by atoms with Crippen molar-refractivity contribution in [3.05, 3.63) is 35.4 Å². The predicted molar refractivity (Wildman–Crippen MR) is 42.5 cm³/mol. The Balaban J connectivity index is 2.92. The summed E-state index contributed by atoms with van der Waals surface area (Å²) in [6, 6.07) is 7.39. The summed E-state index contributed by atoms with van der Waals surface area (Å²) in [7, 11) is 1.61. The van der Waals surface area contributed by atoms with Crippen LogP contribution in [0, 0.1) is 0 Å². The van der Waals surface area contributed by atoms with Crippen LogP contribution in [0.3, 0.4) is 0 Å². The molecule has 0 aliphatic carbocycles. The number of rotatable bonds is 3. The van der Waals surface area contributed by atoms with E-state index in [1.165, 1.54) is 0 Å². The molecule has 0 atom stereocenters. The highest BCUT2D eigenvalue weighted by atomic mass is 16.5. The molecule has 0 radical (unpaired) electrons. The Hall–Kier alpha value is -1.15. The van der Waals surface area contributed by atoms with Gasteiger partial charge < -0.3 is 4.74 Å². The van der Waals surface area contributed by atoms with Crippen LogP contribution >= 0.6 is 0 Å². The molecule has 0 heterocycles. The minimum absolute atomic E-state index is 0.495. The maximum atomic E-state index is 10.4. The summed E-state index contributed by atoms with van der Waals surface area (Å²) < 4.78 is 4.91. The van der Waals surface area contributed by atoms with Crippen LogP contribution in [0.15, 0.2) is 24.3 Å². The van der Waals surface area contributed by atoms with E-state index in [4.69, 9.17) is 4.74 Å². The van der Waals surface area contributed by atoms with Gasteiger partial charge in [-0.1, -0.05) is 24.3 Å². The summed E-state index contributed by atoms with van der Waals surface area (Å²) in [5.41, 5.74) is 1.64. The van der Waals surface area contributed by atoms with Crippen LogP contribution in [0.2, 0.25) is 0 Å². The van der Waals surface area contributed by atoms with Gasteiger partial charge in [0.1, 0.15) is 6.29 Å². The Kier molecular flexibility index (Phi) is 2.81. The molecule has 0 aliphatic heterocycles. The average Bonchev–Trinajstić information content (AvgIpc) is 2.06. The maximum Gasteiger partial charge on any atom is 0.150 e. The first-order valence-corrected chi connectivity index (χ1v) is 3.40. The largest absolute Gasteiger partial charge is 0.380 e. The summed E-state index contributed by atoms with van der Waals surface area (Å²) in [6.07, 6.45) is 0.842. The summed E-state index contributed by atoms with van der Waals surface area (Å²) in [6.45, 7) is 0.495. The first kappa shape index (κ1) is 7.95. The van der Waals surface area contributed by atoms with Crippen molar-refractivity contribution in [2.45, 2.75) is 6.61 Å². The molecular weight excluding hydrogens is 140 g/mol. The Morgan fingerprint density at radius 3 is 2.82 bits per heavy atom. The fourth-order valence-corrected chi connectivity index (χ4v) is 0.936. The lowest BCUT2D eigenvalue weighted by atomic mass is 10.1. The molecule has 0 bridgehead atoms. The second-order valence-electron chi connectivity index (χ2n) is 2.25. The molecule has 0 unspecified atom stereocenters. The van der Waals surface area contributed by atoms with E-state index in [2.05, 4.69) is 0 Å². The Morgan fingerprint density at radius 2 is 2.18 bits per heavy atom. The average molecular weight is 150 g/mol. The van der Waals surface area contributed by atoms with E-state index in [1.807, 2.05) is 18.2 Å². The van der Waals surface area contributed by atoms with Crippen LogP contribution in [0.1, 0.15) is 15.9 Å². The SMILES string of the molecule is COCc1ccccc1C=O. The van der Waals surface area contributed by atoms with Crippen LogP contribution < -0.4 is 0 Å². The van der Waals surface area contributed by atoms with Gasteiger partial charge in [-0.25, -0.2) is 0 Å². The number of hydrogen-bond donors (Lipinski definition) is 0. The van der Waals surface area contributed by atoms with E-state index in [0.717, 1.165) is 11.8 Å². The Labute approximate surface area is 65.8 Å². The van der Waals surface area contributed by atoms with Crippen molar-refractivity contribution in [3.63, 3.8) is 0 Å². The fraction of sp³-hybridized carbons (Fsp3) is 0.222. The van der Waals surface area contributed by atoms with Gasteiger partial charge in [0, 0.05) is 12.7 Å². The predicted octanol–water partition coefficient (Wildman–Crippen LogP) is 1.65. The van der Waals surface area contributed by atoms with Gasteiger partial charge in [0.2, 0.25) is 0 Å². The number of carbonyl (C=O) groups is 1. The topological polar surface area (TPSA) is 26.3 Å². The second-order valence-corrected chi connectivity index (χ2v) is 2.25. The van der Waals surface area contributed by atoms with E-state index in [1.54, 1.807) is 13.2 Å². The van der Waals surface area contributed by atoms with Crippen molar-refractivity contribution in [2.75, 3.05) is 7.11 Å². The maximum absolute atomic E-state index is 10.4. The molecule has 0 spiro atoms. The molecule has 1 rings (SSSR count). The van der Waals surface area contributed by atoms with Crippen LogP contribution in [0.5, 0.6) is 0 Å². The summed E-state index contributed by atoms with van der Waals surface area (Å²) in [5, 5.41) is 0. The van der Waals surface area contributed by atoms with Crippen LogP contribution in [0.25, 0.3) is 0 Å². The Morgan fingerprint density at radius 1 is 1.45 bits per heavy atom. The zero-order valence-electron chi connectivity index (χ0n) is 6.41. The standard InChI is InChI=1S/C9H10O2/c1-11-7-9-5-3-2-4-8(9)6-10/h2-6H,7H2,1H3. The molecule has 0 saturated heterocycles. The molecule has 1 aromatic rings. The number of methoxy groups -OCH3 is 1. The molecule has 0 fully saturated rings. The molecule has 58 valence electrons. The Bertz CT molecular complexity index is 243. The van der Waals surface area contributed by atoms with E-state index >= 15 is 0 Å². The van der Waals surface area contributed by atoms with E-state index in [9.17, 15) is 4.79 Å². The minimum atomic E-state index is 0.495. The summed E-state index contributed by atoms with van der Waals surface area (Å²) >= 11 is 0. The van der Waals surface area contributed by atoms with Crippen molar-refractivity contribution in [1.82, 2.24) is 0 Å². The van der Waals surface area contributed by atoms with Gasteiger partial charge in [-0.2, -0.15) is 0 Å². The van der Waals surface area contributed by atoms with Crippen LogP contribution in [-0.2, 0) is 11.3 Å². The highest BCUT2D eigenvalue weighted by Gasteiger charge is 1.97. The number of ether oxygens (including phenoxy) is 1. The summed E-state index contributed by atoms with van der Waals surface area (Å²) in [4.78, 5) is 10.4. The lowest BCUT2D eigenvalue weighted by Gasteiger charge is -2.00. The molecule has 2 heteroatoms. The van der Waals surface area contributed by atoms with E-state index in [-0.39, 0.29) is 0 Å². The smallest absolute Gasteiger partial charge is 0.150 e. The number of carbonyl (C=O) groups excluding carboxylic acids is 1. The van der Waals surface area contributed by atoms with Crippen molar-refractivity contribution < 1.29 is 9.53 Å². The van der Waals surface area contributed by atoms with Crippen molar-refractivity contribution >= 4 is 6.29 Å². The van der Waals surface area contributed by atoms with Gasteiger partial charge in [-0.05, 0) is 5.56 Å². The molecule has 1 aromatic carbocycles. The highest BCUT2D eigenvalue weighted by molar-refractivity contribution is 5.76. The molecule has 0 aromatic heterocycles. The number of hydrogen-bond acceptors (Lipinski definition) is 2. The zero-order chi connectivity index (χ0) is 8.10. The minimum Gasteiger partial charge on any atom is -0.380 e. The van der Waals surface area contributed by atoms with E-state index in [0.29, 0.717) is 12.2 Å². The van der Waals surface area contributed by atoms with Crippen LogP contribution in [0.4, 0.5) is 0 Å². The molecule has 0 amide bonds. The molecular formula is C9H10O2. The molecule has 0 N–H and O–H groups in total. The summed E-state index contributed by atoms with van der Waals surface area (Å²) in [5.74, 6) is 0. The molecule has 2 nitrogen and oxygen atoms in total. The zero-order valence-corrected chi connectivity index (χ0v) is 6.41. The van der Waals surface area contributed by atoms with Gasteiger partial charge in [0.25, 0.3) is 0 Å². The molecule has 0 aliphatic rings. The van der Waals surface area contributed by atoms with Gasteiger partial charge >= 0.3 is 0 Å². The third kappa shape index (κ3) is 1.88. The fourth-order valence-electron chi connectivity index (χ4n) is 0.936. The van der Waals surface area contributed by atoms with Crippen molar-refractivity contribution in [1.29, 1.82) is 0 Å². The lowest BCUT2D eigenvalue weighted by Crippen LogP contribution is -1.93. The van der Waals surface area contributed by atoms with Gasteiger partial charge in [-0.15, -0.1) is 0 Å².